The number of carbonyl (C=O) groups is 1. The number of amides is 1. The third-order valence-corrected chi connectivity index (χ3v) is 5.28. The first-order valence-corrected chi connectivity index (χ1v) is 8.90. The average Bonchev–Trinajstić information content (AvgIpc) is 3.01. The van der Waals surface area contributed by atoms with Crippen molar-refractivity contribution in [2.24, 2.45) is 0 Å². The van der Waals surface area contributed by atoms with Crippen molar-refractivity contribution in [3.63, 3.8) is 0 Å². The van der Waals surface area contributed by atoms with Crippen molar-refractivity contribution in [1.29, 1.82) is 0 Å². The minimum atomic E-state index is -7.12. The number of hydrogen-bond donors (Lipinski definition) is 1. The number of nitrogens with one attached hydrogen (secondary N) is 1. The summed E-state index contributed by atoms with van der Waals surface area (Å²) in [6.07, 6.45) is -4.84. The molecule has 1 amide bonds. The SMILES string of the molecule is CN1CCc2c1nc1c(c2NC(=O)C(F)(F)C(F)(F)C(F)(F)C(F)(F)F)CCCC1. The maximum atomic E-state index is 14.0. The highest BCUT2D eigenvalue weighted by Gasteiger charge is 2.83. The Kier molecular flexibility index (Phi) is 5.17. The van der Waals surface area contributed by atoms with Gasteiger partial charge >= 0.3 is 29.9 Å². The van der Waals surface area contributed by atoms with Gasteiger partial charge in [-0.25, -0.2) is 4.98 Å². The van der Waals surface area contributed by atoms with E-state index in [1.807, 2.05) is 0 Å². The van der Waals surface area contributed by atoms with E-state index in [0.29, 0.717) is 42.9 Å². The Morgan fingerprint density at radius 2 is 1.50 bits per heavy atom. The highest BCUT2D eigenvalue weighted by Crippen LogP contribution is 2.53. The Hall–Kier alpha value is -2.21. The van der Waals surface area contributed by atoms with E-state index in [1.54, 1.807) is 11.9 Å². The largest absolute Gasteiger partial charge is 0.460 e. The summed E-state index contributed by atoms with van der Waals surface area (Å²) in [6.45, 7) is 0.368. The molecule has 0 saturated carbocycles. The van der Waals surface area contributed by atoms with Crippen LogP contribution in [0.5, 0.6) is 0 Å². The number of carbonyl (C=O) groups excluding carboxylic acids is 1. The molecule has 13 heteroatoms. The van der Waals surface area contributed by atoms with Gasteiger partial charge in [0.25, 0.3) is 0 Å². The van der Waals surface area contributed by atoms with Crippen molar-refractivity contribution < 1.29 is 44.3 Å². The second-order valence-electron chi connectivity index (χ2n) is 7.27. The van der Waals surface area contributed by atoms with E-state index in [2.05, 4.69) is 4.98 Å². The molecule has 0 radical (unpaired) electrons. The molecule has 2 heterocycles. The smallest absolute Gasteiger partial charge is 0.359 e. The number of hydrogen-bond acceptors (Lipinski definition) is 3. The van der Waals surface area contributed by atoms with Crippen LogP contribution in [-0.2, 0) is 24.1 Å². The van der Waals surface area contributed by atoms with E-state index >= 15 is 0 Å². The number of aromatic nitrogens is 1. The number of likely N-dealkylation sites (N-methyl/N-ethyl adjacent to an activating group) is 1. The van der Waals surface area contributed by atoms with Crippen LogP contribution in [0.3, 0.4) is 0 Å². The molecular weight excluding hydrogens is 433 g/mol. The molecule has 30 heavy (non-hydrogen) atoms. The van der Waals surface area contributed by atoms with Crippen LogP contribution in [0, 0.1) is 0 Å². The lowest BCUT2D eigenvalue weighted by molar-refractivity contribution is -0.388. The van der Waals surface area contributed by atoms with E-state index in [1.165, 1.54) is 5.32 Å². The molecule has 1 aromatic heterocycles. The van der Waals surface area contributed by atoms with Gasteiger partial charge in [0, 0.05) is 24.8 Å². The monoisotopic (exact) mass is 449 g/mol. The van der Waals surface area contributed by atoms with Crippen LogP contribution in [0.15, 0.2) is 0 Å². The zero-order valence-corrected chi connectivity index (χ0v) is 15.4. The Bertz CT molecular complexity index is 863. The van der Waals surface area contributed by atoms with Gasteiger partial charge in [-0.3, -0.25) is 4.79 Å². The van der Waals surface area contributed by atoms with E-state index in [9.17, 15) is 44.3 Å². The van der Waals surface area contributed by atoms with Crippen LogP contribution in [-0.4, -0.2) is 48.4 Å². The predicted molar refractivity (Wildman–Crippen MR) is 87.4 cm³/mol. The molecule has 0 fully saturated rings. The normalized spacial score (nSPS) is 17.6. The fourth-order valence-corrected chi connectivity index (χ4v) is 3.57. The fraction of sp³-hybridized carbons (Fsp3) is 0.647. The van der Waals surface area contributed by atoms with Gasteiger partial charge in [0.2, 0.25) is 0 Å². The number of pyridine rings is 1. The molecule has 1 aliphatic heterocycles. The van der Waals surface area contributed by atoms with Gasteiger partial charge in [-0.05, 0) is 37.7 Å². The zero-order chi connectivity index (χ0) is 22.7. The maximum Gasteiger partial charge on any atom is 0.460 e. The summed E-state index contributed by atoms with van der Waals surface area (Å²) in [4.78, 5) is 18.0. The summed E-state index contributed by atoms with van der Waals surface area (Å²) in [5.41, 5.74) is 0.702. The predicted octanol–water partition coefficient (Wildman–Crippen LogP) is 4.36. The number of halogens is 9. The molecule has 0 bridgehead atoms. The first-order valence-electron chi connectivity index (χ1n) is 8.90. The lowest BCUT2D eigenvalue weighted by Crippen LogP contribution is -2.64. The van der Waals surface area contributed by atoms with Gasteiger partial charge in [0.1, 0.15) is 5.82 Å². The second-order valence-corrected chi connectivity index (χ2v) is 7.27. The van der Waals surface area contributed by atoms with Crippen molar-refractivity contribution in [2.45, 2.75) is 56.0 Å². The number of alkyl halides is 9. The van der Waals surface area contributed by atoms with E-state index < -0.39 is 29.9 Å². The highest BCUT2D eigenvalue weighted by molar-refractivity contribution is 5.99. The summed E-state index contributed by atoms with van der Waals surface area (Å²) in [5, 5.41) is 1.52. The molecule has 0 spiro atoms. The van der Waals surface area contributed by atoms with Crippen molar-refractivity contribution in [3.05, 3.63) is 16.8 Å². The van der Waals surface area contributed by atoms with E-state index in [4.69, 9.17) is 0 Å². The molecular formula is C17H16F9N3O. The number of nitrogens with zero attached hydrogens (tertiary/aromatic N) is 2. The van der Waals surface area contributed by atoms with Gasteiger partial charge in [0.15, 0.2) is 0 Å². The van der Waals surface area contributed by atoms with Crippen LogP contribution >= 0.6 is 0 Å². The molecule has 1 aliphatic carbocycles. The molecule has 1 aromatic rings. The van der Waals surface area contributed by atoms with E-state index in [0.717, 1.165) is 0 Å². The molecule has 2 aliphatic rings. The lowest BCUT2D eigenvalue weighted by Gasteiger charge is -2.33. The van der Waals surface area contributed by atoms with Gasteiger partial charge in [-0.15, -0.1) is 0 Å². The Morgan fingerprint density at radius 1 is 0.900 bits per heavy atom. The number of aryl methyl sites for hydroxylation is 1. The fourth-order valence-electron chi connectivity index (χ4n) is 3.57. The summed E-state index contributed by atoms with van der Waals surface area (Å²) in [5.74, 6) is -23.1. The number of anilines is 2. The van der Waals surface area contributed by atoms with E-state index in [-0.39, 0.29) is 24.1 Å². The van der Waals surface area contributed by atoms with Crippen LogP contribution < -0.4 is 10.2 Å². The number of fused-ring (bicyclic) bond motifs is 2. The first kappa shape index (κ1) is 22.5. The third-order valence-electron chi connectivity index (χ3n) is 5.28. The van der Waals surface area contributed by atoms with Gasteiger partial charge in [-0.2, -0.15) is 39.5 Å². The molecule has 0 unspecified atom stereocenters. The zero-order valence-electron chi connectivity index (χ0n) is 15.4. The third kappa shape index (κ3) is 3.16. The molecule has 168 valence electrons. The molecule has 0 atom stereocenters. The van der Waals surface area contributed by atoms with Gasteiger partial charge in [0.05, 0.1) is 5.69 Å². The highest BCUT2D eigenvalue weighted by atomic mass is 19.4. The topological polar surface area (TPSA) is 45.2 Å². The molecule has 4 nitrogen and oxygen atoms in total. The Balaban J connectivity index is 2.02. The summed E-state index contributed by atoms with van der Waals surface area (Å²) in [6, 6.07) is 0. The molecule has 0 saturated heterocycles. The van der Waals surface area contributed by atoms with Gasteiger partial charge < -0.3 is 10.2 Å². The van der Waals surface area contributed by atoms with Gasteiger partial charge in [-0.1, -0.05) is 0 Å². The number of rotatable bonds is 4. The van der Waals surface area contributed by atoms with Crippen molar-refractivity contribution in [3.8, 4) is 0 Å². The minimum absolute atomic E-state index is 0.197. The van der Waals surface area contributed by atoms with Crippen molar-refractivity contribution in [2.75, 3.05) is 23.8 Å². The Labute approximate surface area is 164 Å². The van der Waals surface area contributed by atoms with Crippen LogP contribution in [0.1, 0.15) is 29.7 Å². The minimum Gasteiger partial charge on any atom is -0.359 e. The Morgan fingerprint density at radius 3 is 2.10 bits per heavy atom. The maximum absolute atomic E-state index is 14.0. The van der Waals surface area contributed by atoms with Crippen LogP contribution in [0.2, 0.25) is 0 Å². The average molecular weight is 449 g/mol. The van der Waals surface area contributed by atoms with Crippen LogP contribution in [0.25, 0.3) is 0 Å². The molecule has 0 aromatic carbocycles. The van der Waals surface area contributed by atoms with Crippen LogP contribution in [0.4, 0.5) is 51.0 Å². The molecule has 3 rings (SSSR count). The lowest BCUT2D eigenvalue weighted by atomic mass is 9.92. The second kappa shape index (κ2) is 6.91. The standard InChI is InChI=1S/C17H16F9N3O/c1-29-7-6-9-11(8-4-2-3-5-10(8)27-12(9)29)28-13(30)14(18,19)15(20,21)16(22,23)17(24,25)26/h2-7H2,1H3,(H,27,28,30). The summed E-state index contributed by atoms with van der Waals surface area (Å²) < 4.78 is 118. The molecule has 1 N–H and O–H groups in total. The van der Waals surface area contributed by atoms with Crippen molar-refractivity contribution >= 4 is 17.4 Å². The summed E-state index contributed by atoms with van der Waals surface area (Å²) in [7, 11) is 1.62. The summed E-state index contributed by atoms with van der Waals surface area (Å²) >= 11 is 0. The quantitative estimate of drug-likeness (QED) is 0.695. The van der Waals surface area contributed by atoms with Crippen molar-refractivity contribution in [1.82, 2.24) is 4.98 Å². The first-order chi connectivity index (χ1) is 13.6.